The van der Waals surface area contributed by atoms with Crippen molar-refractivity contribution >= 4 is 28.9 Å². The second-order valence-corrected chi connectivity index (χ2v) is 4.98. The molecule has 90 valence electrons. The molecule has 0 saturated carbocycles. The van der Waals surface area contributed by atoms with Gasteiger partial charge in [-0.05, 0) is 12.1 Å². The summed E-state index contributed by atoms with van der Waals surface area (Å²) in [5, 5.41) is 12.0. The molecule has 0 aliphatic carbocycles. The number of hydrogen-bond acceptors (Lipinski definition) is 5. The molecule has 0 atom stereocenters. The highest BCUT2D eigenvalue weighted by atomic mass is 35.5. The summed E-state index contributed by atoms with van der Waals surface area (Å²) in [6.07, 6.45) is 0. The molecule has 0 bridgehead atoms. The Bertz CT molecular complexity index is 522. The first-order chi connectivity index (χ1) is 8.15. The van der Waals surface area contributed by atoms with Crippen LogP contribution in [0.1, 0.15) is 21.1 Å². The van der Waals surface area contributed by atoms with Gasteiger partial charge in [-0.25, -0.2) is 4.79 Å². The van der Waals surface area contributed by atoms with E-state index >= 15 is 0 Å². The van der Waals surface area contributed by atoms with E-state index in [4.69, 9.17) is 26.0 Å². The highest BCUT2D eigenvalue weighted by Gasteiger charge is 2.10. The molecule has 0 aromatic carbocycles. The first kappa shape index (κ1) is 12.1. The SMILES string of the molecule is O=C(O)c1cc(COCc2ccc(Cl)s2)on1. The minimum absolute atomic E-state index is 0.122. The number of aromatic carboxylic acids is 1. The van der Waals surface area contributed by atoms with Crippen LogP contribution in [0.5, 0.6) is 0 Å². The van der Waals surface area contributed by atoms with Crippen LogP contribution in [0.3, 0.4) is 0 Å². The molecule has 0 radical (unpaired) electrons. The number of hydrogen-bond donors (Lipinski definition) is 1. The Morgan fingerprint density at radius 3 is 2.94 bits per heavy atom. The maximum absolute atomic E-state index is 10.5. The lowest BCUT2D eigenvalue weighted by molar-refractivity contribution is 0.0683. The number of nitrogens with zero attached hydrogens (tertiary/aromatic N) is 1. The van der Waals surface area contributed by atoms with Gasteiger partial charge in [-0.2, -0.15) is 0 Å². The van der Waals surface area contributed by atoms with Crippen LogP contribution in [-0.2, 0) is 18.0 Å². The van der Waals surface area contributed by atoms with E-state index in [9.17, 15) is 4.79 Å². The Balaban J connectivity index is 1.83. The Morgan fingerprint density at radius 1 is 1.53 bits per heavy atom. The molecule has 2 aromatic rings. The number of thiophene rings is 1. The molecule has 2 heterocycles. The van der Waals surface area contributed by atoms with Crippen molar-refractivity contribution in [2.75, 3.05) is 0 Å². The van der Waals surface area contributed by atoms with Gasteiger partial charge < -0.3 is 14.4 Å². The molecular formula is C10H8ClNO4S. The van der Waals surface area contributed by atoms with Crippen LogP contribution >= 0.6 is 22.9 Å². The molecule has 0 fully saturated rings. The number of carbonyl (C=O) groups is 1. The Kier molecular flexibility index (Phi) is 3.78. The summed E-state index contributed by atoms with van der Waals surface area (Å²) in [4.78, 5) is 11.5. The van der Waals surface area contributed by atoms with Crippen LogP contribution in [0.2, 0.25) is 4.34 Å². The van der Waals surface area contributed by atoms with Crippen LogP contribution < -0.4 is 0 Å². The smallest absolute Gasteiger partial charge is 0.358 e. The molecule has 0 unspecified atom stereocenters. The topological polar surface area (TPSA) is 72.6 Å². The van der Waals surface area contributed by atoms with Crippen LogP contribution in [0.25, 0.3) is 0 Å². The molecular weight excluding hydrogens is 266 g/mol. The fourth-order valence-corrected chi connectivity index (χ4v) is 2.19. The first-order valence-electron chi connectivity index (χ1n) is 4.66. The van der Waals surface area contributed by atoms with Crippen molar-refractivity contribution in [2.24, 2.45) is 0 Å². The Hall–Kier alpha value is -1.37. The van der Waals surface area contributed by atoms with Gasteiger partial charge in [-0.3, -0.25) is 0 Å². The molecule has 2 rings (SSSR count). The third-order valence-corrected chi connectivity index (χ3v) is 3.10. The summed E-state index contributed by atoms with van der Waals surface area (Å²) in [6, 6.07) is 5.00. The van der Waals surface area contributed by atoms with Gasteiger partial charge in [0.15, 0.2) is 11.5 Å². The Labute approximate surface area is 106 Å². The van der Waals surface area contributed by atoms with E-state index in [1.807, 2.05) is 6.07 Å². The zero-order chi connectivity index (χ0) is 12.3. The van der Waals surface area contributed by atoms with Gasteiger partial charge in [0.1, 0.15) is 6.61 Å². The van der Waals surface area contributed by atoms with E-state index in [-0.39, 0.29) is 12.3 Å². The molecule has 2 aromatic heterocycles. The van der Waals surface area contributed by atoms with Gasteiger partial charge >= 0.3 is 5.97 Å². The standard InChI is InChI=1S/C10H8ClNO4S/c11-9-2-1-7(17-9)5-15-4-6-3-8(10(13)14)12-16-6/h1-3H,4-5H2,(H,13,14). The lowest BCUT2D eigenvalue weighted by Gasteiger charge is -1.97. The van der Waals surface area contributed by atoms with E-state index in [1.54, 1.807) is 6.07 Å². The zero-order valence-electron chi connectivity index (χ0n) is 8.55. The molecule has 7 heteroatoms. The van der Waals surface area contributed by atoms with Crippen LogP contribution in [0, 0.1) is 0 Å². The summed E-state index contributed by atoms with van der Waals surface area (Å²) < 4.78 is 10.8. The molecule has 17 heavy (non-hydrogen) atoms. The van der Waals surface area contributed by atoms with E-state index in [2.05, 4.69) is 5.16 Å². The van der Waals surface area contributed by atoms with Crippen molar-refractivity contribution in [2.45, 2.75) is 13.2 Å². The average molecular weight is 274 g/mol. The number of carboxylic acid groups (broad SMARTS) is 1. The largest absolute Gasteiger partial charge is 0.476 e. The molecule has 0 amide bonds. The molecule has 0 aliphatic heterocycles. The fraction of sp³-hybridized carbons (Fsp3) is 0.200. The van der Waals surface area contributed by atoms with Gasteiger partial charge in [0.05, 0.1) is 10.9 Å². The lowest BCUT2D eigenvalue weighted by Crippen LogP contribution is -1.95. The summed E-state index contributed by atoms with van der Waals surface area (Å²) in [5.41, 5.74) is -0.122. The number of aromatic nitrogens is 1. The number of ether oxygens (including phenoxy) is 1. The minimum Gasteiger partial charge on any atom is -0.476 e. The normalized spacial score (nSPS) is 10.6. The van der Waals surface area contributed by atoms with Gasteiger partial charge in [0, 0.05) is 10.9 Å². The maximum Gasteiger partial charge on any atom is 0.358 e. The van der Waals surface area contributed by atoms with Crippen LogP contribution in [0.15, 0.2) is 22.7 Å². The highest BCUT2D eigenvalue weighted by Crippen LogP contribution is 2.22. The number of rotatable bonds is 5. The minimum atomic E-state index is -1.12. The van der Waals surface area contributed by atoms with Crippen LogP contribution in [-0.4, -0.2) is 16.2 Å². The Morgan fingerprint density at radius 2 is 2.35 bits per heavy atom. The predicted molar refractivity (Wildman–Crippen MR) is 61.3 cm³/mol. The van der Waals surface area contributed by atoms with E-state index < -0.39 is 5.97 Å². The number of carboxylic acids is 1. The lowest BCUT2D eigenvalue weighted by atomic mass is 10.4. The van der Waals surface area contributed by atoms with Crippen molar-refractivity contribution < 1.29 is 19.2 Å². The predicted octanol–water partition coefficient (Wildman–Crippen LogP) is 2.80. The molecule has 1 N–H and O–H groups in total. The summed E-state index contributed by atoms with van der Waals surface area (Å²) in [5.74, 6) is -0.741. The molecule has 5 nitrogen and oxygen atoms in total. The summed E-state index contributed by atoms with van der Waals surface area (Å²) in [7, 11) is 0. The van der Waals surface area contributed by atoms with Gasteiger partial charge in [0.25, 0.3) is 0 Å². The summed E-state index contributed by atoms with van der Waals surface area (Å²) in [6.45, 7) is 0.580. The van der Waals surface area contributed by atoms with Crippen molar-refractivity contribution in [3.63, 3.8) is 0 Å². The molecule has 0 saturated heterocycles. The van der Waals surface area contributed by atoms with Gasteiger partial charge in [-0.1, -0.05) is 16.8 Å². The van der Waals surface area contributed by atoms with Gasteiger partial charge in [-0.15, -0.1) is 11.3 Å². The quantitative estimate of drug-likeness (QED) is 0.907. The number of halogens is 1. The van der Waals surface area contributed by atoms with Crippen molar-refractivity contribution in [1.82, 2.24) is 5.16 Å². The van der Waals surface area contributed by atoms with Crippen molar-refractivity contribution in [3.05, 3.63) is 38.9 Å². The summed E-state index contributed by atoms with van der Waals surface area (Å²) >= 11 is 7.20. The third-order valence-electron chi connectivity index (χ3n) is 1.90. The van der Waals surface area contributed by atoms with E-state index in [0.29, 0.717) is 16.7 Å². The first-order valence-corrected chi connectivity index (χ1v) is 5.85. The average Bonchev–Trinajstić information content (AvgIpc) is 2.88. The van der Waals surface area contributed by atoms with Crippen molar-refractivity contribution in [3.8, 4) is 0 Å². The molecule has 0 aliphatic rings. The van der Waals surface area contributed by atoms with E-state index in [0.717, 1.165) is 4.88 Å². The molecule has 0 spiro atoms. The monoisotopic (exact) mass is 273 g/mol. The maximum atomic E-state index is 10.5. The van der Waals surface area contributed by atoms with Gasteiger partial charge in [0.2, 0.25) is 0 Å². The highest BCUT2D eigenvalue weighted by molar-refractivity contribution is 7.16. The van der Waals surface area contributed by atoms with E-state index in [1.165, 1.54) is 17.4 Å². The van der Waals surface area contributed by atoms with Crippen LogP contribution in [0.4, 0.5) is 0 Å². The third kappa shape index (κ3) is 3.29. The second-order valence-electron chi connectivity index (χ2n) is 3.18. The second kappa shape index (κ2) is 5.31. The zero-order valence-corrected chi connectivity index (χ0v) is 10.1. The fourth-order valence-electron chi connectivity index (χ4n) is 1.16. The van der Waals surface area contributed by atoms with Crippen molar-refractivity contribution in [1.29, 1.82) is 0 Å².